The van der Waals surface area contributed by atoms with Crippen LogP contribution in [0.1, 0.15) is 5.56 Å². The Morgan fingerprint density at radius 1 is 1.50 bits per heavy atom. The molecule has 0 aliphatic carbocycles. The molecule has 0 saturated carbocycles. The minimum Gasteiger partial charge on any atom is -0.339 e. The fraction of sp³-hybridized carbons (Fsp3) is 0.286. The van der Waals surface area contributed by atoms with Crippen molar-refractivity contribution in [2.45, 2.75) is 0 Å². The summed E-state index contributed by atoms with van der Waals surface area (Å²) < 4.78 is 0. The highest BCUT2D eigenvalue weighted by Gasteiger charge is 2.13. The van der Waals surface area contributed by atoms with E-state index in [1.54, 1.807) is 12.4 Å². The number of nitrogens with one attached hydrogen (secondary N) is 1. The highest BCUT2D eigenvalue weighted by atomic mass is 15.5. The third-order valence-electron chi connectivity index (χ3n) is 1.70. The van der Waals surface area contributed by atoms with Crippen LogP contribution >= 0.6 is 0 Å². The van der Waals surface area contributed by atoms with E-state index < -0.39 is 0 Å². The maximum atomic E-state index is 4.11. The molecule has 2 rings (SSSR count). The van der Waals surface area contributed by atoms with Gasteiger partial charge in [-0.05, 0) is 6.07 Å². The van der Waals surface area contributed by atoms with Crippen LogP contribution in [0.2, 0.25) is 0 Å². The highest BCUT2D eigenvalue weighted by molar-refractivity contribution is 5.98. The molecule has 62 valence electrons. The first-order chi connectivity index (χ1) is 5.88. The number of amidine groups is 1. The van der Waals surface area contributed by atoms with Gasteiger partial charge in [0.15, 0.2) is 5.84 Å². The van der Waals surface area contributed by atoms with Gasteiger partial charge in [0.2, 0.25) is 0 Å². The predicted molar refractivity (Wildman–Crippen MR) is 44.3 cm³/mol. The van der Waals surface area contributed by atoms with Crippen molar-refractivity contribution in [3.8, 4) is 0 Å². The third-order valence-corrected chi connectivity index (χ3v) is 1.70. The Bertz CT molecular complexity index is 294. The van der Waals surface area contributed by atoms with Gasteiger partial charge in [-0.15, -0.1) is 0 Å². The van der Waals surface area contributed by atoms with Crippen molar-refractivity contribution in [1.29, 1.82) is 0 Å². The summed E-state index contributed by atoms with van der Waals surface area (Å²) in [4.78, 5) is 2.01. The number of hydrogen-bond acceptors (Lipinski definition) is 5. The maximum Gasteiger partial charge on any atom is 0.158 e. The molecular weight excluding hydrogens is 154 g/mol. The van der Waals surface area contributed by atoms with Crippen LogP contribution in [0.5, 0.6) is 0 Å². The molecule has 12 heavy (non-hydrogen) atoms. The second-order valence-electron chi connectivity index (χ2n) is 2.58. The van der Waals surface area contributed by atoms with Gasteiger partial charge in [0.25, 0.3) is 0 Å². The number of hydrazone groups is 1. The number of hydrogen-bond donors (Lipinski definition) is 1. The lowest BCUT2D eigenvalue weighted by molar-refractivity contribution is 0.506. The number of nitrogens with zero attached hydrogens (tertiary/aromatic N) is 4. The van der Waals surface area contributed by atoms with Gasteiger partial charge in [0.05, 0.1) is 12.4 Å². The molecule has 1 N–H and O–H groups in total. The first-order valence-electron chi connectivity index (χ1n) is 3.66. The summed E-state index contributed by atoms with van der Waals surface area (Å²) in [6.07, 6.45) is 3.35. The summed E-state index contributed by atoms with van der Waals surface area (Å²) in [6.45, 7) is 0.748. The molecule has 1 aromatic heterocycles. The van der Waals surface area contributed by atoms with Crippen molar-refractivity contribution in [2.75, 3.05) is 13.7 Å². The van der Waals surface area contributed by atoms with Crippen LogP contribution in [-0.4, -0.2) is 34.6 Å². The quantitative estimate of drug-likeness (QED) is 0.613. The Kier molecular flexibility index (Phi) is 1.62. The van der Waals surface area contributed by atoms with E-state index in [0.717, 1.165) is 18.1 Å². The average Bonchev–Trinajstić information content (AvgIpc) is 2.53. The molecule has 0 aromatic carbocycles. The van der Waals surface area contributed by atoms with Crippen molar-refractivity contribution in [1.82, 2.24) is 20.5 Å². The lowest BCUT2D eigenvalue weighted by Crippen LogP contribution is -2.25. The van der Waals surface area contributed by atoms with E-state index in [1.165, 1.54) is 0 Å². The molecule has 2 heterocycles. The van der Waals surface area contributed by atoms with Gasteiger partial charge in [0.1, 0.15) is 6.67 Å². The van der Waals surface area contributed by atoms with Gasteiger partial charge in [-0.1, -0.05) is 0 Å². The smallest absolute Gasteiger partial charge is 0.158 e. The molecule has 0 atom stereocenters. The summed E-state index contributed by atoms with van der Waals surface area (Å²) in [5.74, 6) is 0.907. The standard InChI is InChI=1S/C7H9N5/c1-12-5-10-11-7(12)6-2-3-8-9-4-6/h2-4,10H,5H2,1H3. The van der Waals surface area contributed by atoms with Gasteiger partial charge in [0, 0.05) is 12.6 Å². The number of rotatable bonds is 1. The van der Waals surface area contributed by atoms with E-state index in [0.29, 0.717) is 0 Å². The fourth-order valence-electron chi connectivity index (χ4n) is 1.08. The molecule has 5 nitrogen and oxygen atoms in total. The molecule has 5 heteroatoms. The van der Waals surface area contributed by atoms with Gasteiger partial charge in [-0.3, -0.25) is 5.43 Å². The Hall–Kier alpha value is -1.65. The summed E-state index contributed by atoms with van der Waals surface area (Å²) in [5.41, 5.74) is 3.87. The van der Waals surface area contributed by atoms with E-state index in [4.69, 9.17) is 0 Å². The molecule has 0 amide bonds. The van der Waals surface area contributed by atoms with E-state index in [1.807, 2.05) is 18.0 Å². The summed E-state index contributed by atoms with van der Waals surface area (Å²) in [5, 5.41) is 11.6. The third kappa shape index (κ3) is 1.09. The Morgan fingerprint density at radius 2 is 2.42 bits per heavy atom. The topological polar surface area (TPSA) is 53.4 Å². The Balaban J connectivity index is 2.31. The Morgan fingerprint density at radius 3 is 3.00 bits per heavy atom. The van der Waals surface area contributed by atoms with Crippen LogP contribution in [0.15, 0.2) is 23.6 Å². The molecule has 0 radical (unpaired) electrons. The van der Waals surface area contributed by atoms with Gasteiger partial charge in [-0.2, -0.15) is 15.3 Å². The largest absolute Gasteiger partial charge is 0.339 e. The normalized spacial score (nSPS) is 15.8. The molecule has 0 unspecified atom stereocenters. The molecule has 0 spiro atoms. The van der Waals surface area contributed by atoms with Crippen molar-refractivity contribution in [2.24, 2.45) is 5.10 Å². The predicted octanol–water partition coefficient (Wildman–Crippen LogP) is -0.369. The first-order valence-corrected chi connectivity index (χ1v) is 3.66. The van der Waals surface area contributed by atoms with Crippen LogP contribution in [0.4, 0.5) is 0 Å². The average molecular weight is 163 g/mol. The molecule has 1 aliphatic heterocycles. The summed E-state index contributed by atoms with van der Waals surface area (Å²) >= 11 is 0. The summed E-state index contributed by atoms with van der Waals surface area (Å²) in [7, 11) is 1.97. The fourth-order valence-corrected chi connectivity index (χ4v) is 1.08. The van der Waals surface area contributed by atoms with Crippen molar-refractivity contribution in [3.05, 3.63) is 24.0 Å². The van der Waals surface area contributed by atoms with Crippen LogP contribution in [0.25, 0.3) is 0 Å². The molecule has 1 aromatic rings. The van der Waals surface area contributed by atoms with Gasteiger partial charge < -0.3 is 4.90 Å². The van der Waals surface area contributed by atoms with E-state index in [2.05, 4.69) is 20.7 Å². The highest BCUT2D eigenvalue weighted by Crippen LogP contribution is 2.03. The van der Waals surface area contributed by atoms with Gasteiger partial charge >= 0.3 is 0 Å². The van der Waals surface area contributed by atoms with E-state index >= 15 is 0 Å². The van der Waals surface area contributed by atoms with Crippen molar-refractivity contribution in [3.63, 3.8) is 0 Å². The van der Waals surface area contributed by atoms with Crippen LogP contribution in [0, 0.1) is 0 Å². The lowest BCUT2D eigenvalue weighted by Gasteiger charge is -2.10. The van der Waals surface area contributed by atoms with Gasteiger partial charge in [-0.25, -0.2) is 0 Å². The van der Waals surface area contributed by atoms with Crippen molar-refractivity contribution >= 4 is 5.84 Å². The number of aromatic nitrogens is 2. The molecular formula is C7H9N5. The minimum absolute atomic E-state index is 0.748. The summed E-state index contributed by atoms with van der Waals surface area (Å²) in [6, 6.07) is 1.88. The van der Waals surface area contributed by atoms with E-state index in [-0.39, 0.29) is 0 Å². The SMILES string of the molecule is CN1CNN=C1c1ccnnc1. The zero-order chi connectivity index (χ0) is 8.39. The zero-order valence-electron chi connectivity index (χ0n) is 6.73. The molecule has 0 bridgehead atoms. The Labute approximate surface area is 70.1 Å². The lowest BCUT2D eigenvalue weighted by atomic mass is 10.3. The molecule has 1 aliphatic rings. The molecule has 0 fully saturated rings. The van der Waals surface area contributed by atoms with Crippen LogP contribution in [-0.2, 0) is 0 Å². The van der Waals surface area contributed by atoms with Crippen molar-refractivity contribution < 1.29 is 0 Å². The zero-order valence-corrected chi connectivity index (χ0v) is 6.73. The monoisotopic (exact) mass is 163 g/mol. The van der Waals surface area contributed by atoms with Crippen LogP contribution in [0.3, 0.4) is 0 Å². The minimum atomic E-state index is 0.748. The second kappa shape index (κ2) is 2.77. The maximum absolute atomic E-state index is 4.11. The van der Waals surface area contributed by atoms with E-state index in [9.17, 15) is 0 Å². The van der Waals surface area contributed by atoms with Crippen LogP contribution < -0.4 is 5.43 Å². The second-order valence-corrected chi connectivity index (χ2v) is 2.58. The molecule has 0 saturated heterocycles. The first kappa shape index (κ1) is 7.02.